The molecule has 9 heavy (non-hydrogen) atoms. The number of halogens is 1. The number of hydrogen-bond acceptors (Lipinski definition) is 2. The topological polar surface area (TPSA) is 57.5 Å². The van der Waals surface area contributed by atoms with Gasteiger partial charge in [0.1, 0.15) is 4.51 Å². The Morgan fingerprint density at radius 1 is 1.78 bits per heavy atom. The van der Waals surface area contributed by atoms with E-state index in [2.05, 4.69) is 15.9 Å². The minimum absolute atomic E-state index is 0.0156. The van der Waals surface area contributed by atoms with Gasteiger partial charge >= 0.3 is 5.97 Å². The summed E-state index contributed by atoms with van der Waals surface area (Å²) in [7, 11) is 0. The van der Waals surface area contributed by atoms with Gasteiger partial charge in [-0.05, 0) is 13.3 Å². The molecule has 0 aromatic heterocycles. The Morgan fingerprint density at radius 3 is 2.33 bits per heavy atom. The van der Waals surface area contributed by atoms with Crippen LogP contribution in [0.25, 0.3) is 0 Å². The maximum absolute atomic E-state index is 9.91. The van der Waals surface area contributed by atoms with Crippen LogP contribution in [0.2, 0.25) is 0 Å². The molecule has 0 aliphatic carbocycles. The lowest BCUT2D eigenvalue weighted by molar-refractivity contribution is -0.137. The van der Waals surface area contributed by atoms with Gasteiger partial charge in [0, 0.05) is 6.42 Å². The third-order valence-electron chi connectivity index (χ3n) is 0.795. The molecule has 0 spiro atoms. The van der Waals surface area contributed by atoms with Crippen molar-refractivity contribution < 1.29 is 15.0 Å². The normalized spacial score (nSPS) is 16.8. The van der Waals surface area contributed by atoms with E-state index in [1.807, 2.05) is 0 Å². The fraction of sp³-hybridized carbons (Fsp3) is 0.800. The fourth-order valence-electron chi connectivity index (χ4n) is 0.335. The number of hydrogen-bond donors (Lipinski definition) is 2. The van der Waals surface area contributed by atoms with Crippen molar-refractivity contribution in [1.29, 1.82) is 0 Å². The first-order chi connectivity index (χ1) is 3.92. The summed E-state index contributed by atoms with van der Waals surface area (Å²) >= 11 is 2.90. The van der Waals surface area contributed by atoms with Gasteiger partial charge < -0.3 is 10.2 Å². The third-order valence-corrected chi connectivity index (χ3v) is 1.19. The number of aliphatic carboxylic acids is 1. The minimum Gasteiger partial charge on any atom is -0.481 e. The summed E-state index contributed by atoms with van der Waals surface area (Å²) in [6, 6.07) is 0. The van der Waals surface area contributed by atoms with Crippen LogP contribution in [0.5, 0.6) is 0 Å². The molecule has 0 rings (SSSR count). The largest absolute Gasteiger partial charge is 0.481 e. The summed E-state index contributed by atoms with van der Waals surface area (Å²) in [6.45, 7) is 1.51. The molecule has 0 aromatic rings. The van der Waals surface area contributed by atoms with Crippen LogP contribution in [0, 0.1) is 0 Å². The van der Waals surface area contributed by atoms with Crippen LogP contribution in [-0.2, 0) is 4.79 Å². The van der Waals surface area contributed by atoms with E-state index >= 15 is 0 Å². The number of alkyl halides is 1. The maximum Gasteiger partial charge on any atom is 0.303 e. The second-order valence-corrected chi connectivity index (χ2v) is 3.74. The number of carboxylic acids is 1. The lowest BCUT2D eigenvalue weighted by atomic mass is 10.2. The Kier molecular flexibility index (Phi) is 3.14. The molecule has 1 unspecified atom stereocenters. The van der Waals surface area contributed by atoms with Crippen molar-refractivity contribution in [2.75, 3.05) is 0 Å². The summed E-state index contributed by atoms with van der Waals surface area (Å²) in [5.41, 5.74) is 0. The minimum atomic E-state index is -1.04. The monoisotopic (exact) mass is 196 g/mol. The zero-order chi connectivity index (χ0) is 7.49. The van der Waals surface area contributed by atoms with Crippen molar-refractivity contribution in [2.45, 2.75) is 24.3 Å². The molecule has 0 radical (unpaired) electrons. The predicted octanol–water partition coefficient (Wildman–Crippen LogP) is 0.955. The lowest BCUT2D eigenvalue weighted by Crippen LogP contribution is -2.15. The van der Waals surface area contributed by atoms with Crippen LogP contribution in [0.3, 0.4) is 0 Å². The standard InChI is InChI=1S/C5H9BrO3/c1-5(6,9)3-2-4(7)8/h9H,2-3H2,1H3,(H,7,8). The van der Waals surface area contributed by atoms with E-state index in [-0.39, 0.29) is 12.8 Å². The van der Waals surface area contributed by atoms with E-state index in [1.54, 1.807) is 0 Å². The molecule has 2 N–H and O–H groups in total. The SMILES string of the molecule is CC(O)(Br)CCC(=O)O. The summed E-state index contributed by atoms with van der Waals surface area (Å²) in [5, 5.41) is 17.1. The lowest BCUT2D eigenvalue weighted by Gasteiger charge is -2.11. The summed E-state index contributed by atoms with van der Waals surface area (Å²) in [5.74, 6) is -0.894. The van der Waals surface area contributed by atoms with E-state index in [0.717, 1.165) is 0 Å². The predicted molar refractivity (Wildman–Crippen MR) is 36.4 cm³/mol. The second kappa shape index (κ2) is 3.17. The molecular weight excluding hydrogens is 188 g/mol. The van der Waals surface area contributed by atoms with E-state index in [1.165, 1.54) is 6.92 Å². The van der Waals surface area contributed by atoms with Gasteiger partial charge in [-0.15, -0.1) is 0 Å². The van der Waals surface area contributed by atoms with Gasteiger partial charge in [-0.1, -0.05) is 15.9 Å². The molecule has 0 saturated carbocycles. The Balaban J connectivity index is 3.39. The second-order valence-electron chi connectivity index (χ2n) is 2.04. The molecule has 0 amide bonds. The molecule has 0 aromatic carbocycles. The van der Waals surface area contributed by atoms with Crippen LogP contribution in [0.15, 0.2) is 0 Å². The van der Waals surface area contributed by atoms with E-state index < -0.39 is 10.5 Å². The molecular formula is C5H9BrO3. The number of rotatable bonds is 3. The van der Waals surface area contributed by atoms with Crippen molar-refractivity contribution in [3.05, 3.63) is 0 Å². The van der Waals surface area contributed by atoms with Crippen LogP contribution >= 0.6 is 15.9 Å². The molecule has 0 heterocycles. The van der Waals surface area contributed by atoms with E-state index in [0.29, 0.717) is 0 Å². The quantitative estimate of drug-likeness (QED) is 0.662. The van der Waals surface area contributed by atoms with Crippen molar-refractivity contribution in [1.82, 2.24) is 0 Å². The molecule has 0 saturated heterocycles. The molecule has 0 aliphatic rings. The summed E-state index contributed by atoms with van der Waals surface area (Å²) < 4.78 is -1.04. The zero-order valence-electron chi connectivity index (χ0n) is 5.09. The first-order valence-corrected chi connectivity index (χ1v) is 3.34. The highest BCUT2D eigenvalue weighted by molar-refractivity contribution is 9.10. The number of aliphatic hydroxyl groups is 1. The summed E-state index contributed by atoms with van der Waals surface area (Å²) in [6.07, 6.45) is 0.209. The first-order valence-electron chi connectivity index (χ1n) is 2.55. The van der Waals surface area contributed by atoms with Crippen LogP contribution in [-0.4, -0.2) is 20.7 Å². The zero-order valence-corrected chi connectivity index (χ0v) is 6.68. The average Bonchev–Trinajstić information content (AvgIpc) is 1.59. The molecule has 0 bridgehead atoms. The molecule has 4 heteroatoms. The third kappa shape index (κ3) is 7.91. The molecule has 3 nitrogen and oxygen atoms in total. The highest BCUT2D eigenvalue weighted by atomic mass is 79.9. The Labute approximate surface area is 61.8 Å². The van der Waals surface area contributed by atoms with Gasteiger partial charge in [0.25, 0.3) is 0 Å². The molecule has 1 atom stereocenters. The number of carbonyl (C=O) groups is 1. The highest BCUT2D eigenvalue weighted by Gasteiger charge is 2.15. The smallest absolute Gasteiger partial charge is 0.303 e. The maximum atomic E-state index is 9.91. The van der Waals surface area contributed by atoms with Crippen molar-refractivity contribution in [3.63, 3.8) is 0 Å². The van der Waals surface area contributed by atoms with Crippen molar-refractivity contribution in [3.8, 4) is 0 Å². The Hall–Kier alpha value is -0.0900. The Bertz CT molecular complexity index is 105. The van der Waals surface area contributed by atoms with Gasteiger partial charge in [-0.2, -0.15) is 0 Å². The first kappa shape index (κ1) is 8.91. The van der Waals surface area contributed by atoms with Crippen molar-refractivity contribution in [2.24, 2.45) is 0 Å². The van der Waals surface area contributed by atoms with Crippen molar-refractivity contribution >= 4 is 21.9 Å². The molecule has 54 valence electrons. The fourth-order valence-corrected chi connectivity index (χ4v) is 0.533. The van der Waals surface area contributed by atoms with Crippen LogP contribution in [0.4, 0.5) is 0 Å². The Morgan fingerprint density at radius 2 is 2.22 bits per heavy atom. The van der Waals surface area contributed by atoms with Gasteiger partial charge in [0.15, 0.2) is 0 Å². The van der Waals surface area contributed by atoms with Crippen LogP contribution in [0.1, 0.15) is 19.8 Å². The van der Waals surface area contributed by atoms with Crippen LogP contribution < -0.4 is 0 Å². The molecule has 0 fully saturated rings. The summed E-state index contributed by atoms with van der Waals surface area (Å²) in [4.78, 5) is 9.91. The van der Waals surface area contributed by atoms with E-state index in [4.69, 9.17) is 10.2 Å². The van der Waals surface area contributed by atoms with E-state index in [9.17, 15) is 4.79 Å². The average molecular weight is 197 g/mol. The van der Waals surface area contributed by atoms with Gasteiger partial charge in [0.2, 0.25) is 0 Å². The molecule has 0 aliphatic heterocycles. The van der Waals surface area contributed by atoms with Gasteiger partial charge in [-0.25, -0.2) is 0 Å². The van der Waals surface area contributed by atoms with Gasteiger partial charge in [0.05, 0.1) is 0 Å². The number of carboxylic acid groups (broad SMARTS) is 1. The van der Waals surface area contributed by atoms with Gasteiger partial charge in [-0.3, -0.25) is 4.79 Å². The highest BCUT2D eigenvalue weighted by Crippen LogP contribution is 2.18.